The molecule has 0 amide bonds. The highest BCUT2D eigenvalue weighted by atomic mass is 32.2. The van der Waals surface area contributed by atoms with Gasteiger partial charge in [-0.25, -0.2) is 22.2 Å². The van der Waals surface area contributed by atoms with E-state index in [1.807, 2.05) is 30.3 Å². The largest absolute Gasteiger partial charge is 0.465 e. The highest BCUT2D eigenvalue weighted by molar-refractivity contribution is 7.90. The van der Waals surface area contributed by atoms with Crippen molar-refractivity contribution in [2.45, 2.75) is 11.8 Å². The molecule has 3 aromatic carbocycles. The molecule has 1 N–H and O–H groups in total. The van der Waals surface area contributed by atoms with Gasteiger partial charge in [0.25, 0.3) is 10.0 Å². The Morgan fingerprint density at radius 2 is 1.61 bits per heavy atom. The van der Waals surface area contributed by atoms with Gasteiger partial charge in [-0.2, -0.15) is 0 Å². The molecule has 0 spiro atoms. The second kappa shape index (κ2) is 9.00. The molecule has 0 radical (unpaired) electrons. The first-order valence-corrected chi connectivity index (χ1v) is 13.4. The van der Waals surface area contributed by atoms with Crippen LogP contribution in [0.5, 0.6) is 0 Å². The minimum absolute atomic E-state index is 0.172. The molecule has 3 aromatic heterocycles. The molecule has 7 nitrogen and oxygen atoms in total. The van der Waals surface area contributed by atoms with Crippen molar-refractivity contribution < 1.29 is 17.9 Å². The number of benzene rings is 3. The summed E-state index contributed by atoms with van der Waals surface area (Å²) in [6, 6.07) is 25.5. The Balaban J connectivity index is 1.56. The van der Waals surface area contributed by atoms with Crippen molar-refractivity contribution in [1.82, 2.24) is 13.9 Å². The first-order valence-electron chi connectivity index (χ1n) is 12.0. The van der Waals surface area contributed by atoms with E-state index in [2.05, 4.69) is 23.0 Å². The van der Waals surface area contributed by atoms with Crippen LogP contribution in [0.4, 0.5) is 0 Å². The Morgan fingerprint density at radius 1 is 0.868 bits per heavy atom. The van der Waals surface area contributed by atoms with E-state index in [-0.39, 0.29) is 4.90 Å². The third-order valence-electron chi connectivity index (χ3n) is 6.78. The van der Waals surface area contributed by atoms with Gasteiger partial charge in [0.05, 0.1) is 23.3 Å². The summed E-state index contributed by atoms with van der Waals surface area (Å²) in [6.07, 6.45) is 3.07. The van der Waals surface area contributed by atoms with Gasteiger partial charge in [0, 0.05) is 34.6 Å². The monoisotopic (exact) mass is 521 g/mol. The van der Waals surface area contributed by atoms with Gasteiger partial charge in [-0.1, -0.05) is 54.6 Å². The molecular formula is C30H23N3O4S. The van der Waals surface area contributed by atoms with E-state index in [4.69, 9.17) is 4.74 Å². The Labute approximate surface area is 219 Å². The standard InChI is InChI=1S/C30H23N3O4S/c1-19-12-13-24(22-11-7-6-10-21(19)22)28-26(30(34)37-2)18-27(32-28)23-14-16-31-29-25(23)15-17-33(29)38(35,36)20-8-4-3-5-9-20/h3-18,32H,1-2H3. The molecule has 3 heterocycles. The minimum atomic E-state index is -3.84. The number of aromatic amines is 1. The summed E-state index contributed by atoms with van der Waals surface area (Å²) in [4.78, 5) is 20.9. The van der Waals surface area contributed by atoms with Crippen LogP contribution in [0.3, 0.4) is 0 Å². The van der Waals surface area contributed by atoms with Crippen LogP contribution in [0.25, 0.3) is 44.3 Å². The molecule has 6 aromatic rings. The Kier molecular flexibility index (Phi) is 5.61. The summed E-state index contributed by atoms with van der Waals surface area (Å²) in [5, 5.41) is 2.72. The number of H-pyrrole nitrogens is 1. The predicted octanol–water partition coefficient (Wildman–Crippen LogP) is 6.18. The van der Waals surface area contributed by atoms with Crippen LogP contribution in [0.2, 0.25) is 0 Å². The van der Waals surface area contributed by atoms with E-state index in [1.165, 1.54) is 17.3 Å². The molecule has 38 heavy (non-hydrogen) atoms. The number of carbonyl (C=O) groups excluding carboxylic acids is 1. The van der Waals surface area contributed by atoms with Crippen molar-refractivity contribution >= 4 is 37.8 Å². The lowest BCUT2D eigenvalue weighted by Crippen LogP contribution is -2.12. The van der Waals surface area contributed by atoms with Crippen molar-refractivity contribution in [2.75, 3.05) is 7.11 Å². The number of aryl methyl sites for hydroxylation is 1. The number of hydrogen-bond donors (Lipinski definition) is 1. The fraction of sp³-hybridized carbons (Fsp3) is 0.0667. The van der Waals surface area contributed by atoms with Crippen LogP contribution in [0, 0.1) is 6.92 Å². The summed E-state index contributed by atoms with van der Waals surface area (Å²) in [5.74, 6) is -0.471. The summed E-state index contributed by atoms with van der Waals surface area (Å²) in [6.45, 7) is 2.05. The van der Waals surface area contributed by atoms with Crippen molar-refractivity contribution in [3.05, 3.63) is 108 Å². The third kappa shape index (κ3) is 3.69. The van der Waals surface area contributed by atoms with Crippen molar-refractivity contribution in [3.63, 3.8) is 0 Å². The van der Waals surface area contributed by atoms with Gasteiger partial charge in [-0.05, 0) is 53.6 Å². The predicted molar refractivity (Wildman–Crippen MR) is 148 cm³/mol. The number of methoxy groups -OCH3 is 1. The molecule has 0 unspecified atom stereocenters. The first-order chi connectivity index (χ1) is 18.4. The maximum atomic E-state index is 13.3. The number of aromatic nitrogens is 3. The topological polar surface area (TPSA) is 94.0 Å². The number of carbonyl (C=O) groups is 1. The summed E-state index contributed by atoms with van der Waals surface area (Å²) < 4.78 is 33.0. The number of esters is 1. The van der Waals surface area contributed by atoms with E-state index >= 15 is 0 Å². The highest BCUT2D eigenvalue weighted by Crippen LogP contribution is 2.37. The fourth-order valence-corrected chi connectivity index (χ4v) is 6.22. The van der Waals surface area contributed by atoms with Crippen LogP contribution >= 0.6 is 0 Å². The van der Waals surface area contributed by atoms with Crippen LogP contribution in [0.15, 0.2) is 102 Å². The van der Waals surface area contributed by atoms with E-state index in [0.29, 0.717) is 33.5 Å². The molecule has 8 heteroatoms. The van der Waals surface area contributed by atoms with Gasteiger partial charge < -0.3 is 9.72 Å². The van der Waals surface area contributed by atoms with Gasteiger partial charge in [-0.15, -0.1) is 0 Å². The number of fused-ring (bicyclic) bond motifs is 2. The van der Waals surface area contributed by atoms with E-state index in [1.54, 1.807) is 54.7 Å². The lowest BCUT2D eigenvalue weighted by Gasteiger charge is -2.10. The summed E-state index contributed by atoms with van der Waals surface area (Å²) in [5.41, 5.74) is 4.67. The number of rotatable bonds is 5. The zero-order valence-electron chi connectivity index (χ0n) is 20.7. The van der Waals surface area contributed by atoms with Gasteiger partial charge in [0.15, 0.2) is 5.65 Å². The Bertz CT molecular complexity index is 1950. The minimum Gasteiger partial charge on any atom is -0.465 e. The number of pyridine rings is 1. The maximum absolute atomic E-state index is 13.3. The van der Waals surface area contributed by atoms with Gasteiger partial charge in [-0.3, -0.25) is 0 Å². The average molecular weight is 522 g/mol. The molecule has 0 saturated heterocycles. The number of nitrogens with zero attached hydrogens (tertiary/aromatic N) is 2. The zero-order valence-corrected chi connectivity index (χ0v) is 21.5. The molecule has 6 rings (SSSR count). The quantitative estimate of drug-likeness (QED) is 0.273. The zero-order chi connectivity index (χ0) is 26.4. The molecule has 0 atom stereocenters. The van der Waals surface area contributed by atoms with Crippen LogP contribution in [-0.2, 0) is 14.8 Å². The van der Waals surface area contributed by atoms with Crippen LogP contribution < -0.4 is 0 Å². The van der Waals surface area contributed by atoms with Gasteiger partial charge in [0.2, 0.25) is 0 Å². The SMILES string of the molecule is COC(=O)c1cc(-c2ccnc3c2ccn3S(=O)(=O)c2ccccc2)[nH]c1-c1ccc(C)c2ccccc12. The van der Waals surface area contributed by atoms with E-state index in [9.17, 15) is 13.2 Å². The molecule has 0 fully saturated rings. The van der Waals surface area contributed by atoms with Crippen LogP contribution in [-0.4, -0.2) is 35.4 Å². The van der Waals surface area contributed by atoms with Crippen molar-refractivity contribution in [1.29, 1.82) is 0 Å². The Morgan fingerprint density at radius 3 is 2.37 bits per heavy atom. The number of hydrogen-bond acceptors (Lipinski definition) is 5. The molecule has 0 bridgehead atoms. The first kappa shape index (κ1) is 23.7. The molecule has 188 valence electrons. The van der Waals surface area contributed by atoms with E-state index < -0.39 is 16.0 Å². The van der Waals surface area contributed by atoms with Crippen molar-refractivity contribution in [2.24, 2.45) is 0 Å². The molecule has 0 aliphatic rings. The highest BCUT2D eigenvalue weighted by Gasteiger charge is 2.24. The van der Waals surface area contributed by atoms with Gasteiger partial charge >= 0.3 is 5.97 Å². The smallest absolute Gasteiger partial charge is 0.340 e. The second-order valence-electron chi connectivity index (χ2n) is 8.96. The lowest BCUT2D eigenvalue weighted by molar-refractivity contribution is 0.0602. The molecule has 0 saturated carbocycles. The second-order valence-corrected chi connectivity index (χ2v) is 10.8. The lowest BCUT2D eigenvalue weighted by atomic mass is 9.97. The fourth-order valence-electron chi connectivity index (χ4n) is 4.90. The molecule has 0 aliphatic carbocycles. The maximum Gasteiger partial charge on any atom is 0.340 e. The van der Waals surface area contributed by atoms with Crippen LogP contribution in [0.1, 0.15) is 15.9 Å². The number of ether oxygens (including phenoxy) is 1. The molecule has 0 aliphatic heterocycles. The summed E-state index contributed by atoms with van der Waals surface area (Å²) in [7, 11) is -2.49. The normalized spacial score (nSPS) is 11.7. The molecular weight excluding hydrogens is 498 g/mol. The van der Waals surface area contributed by atoms with E-state index in [0.717, 1.165) is 21.9 Å². The van der Waals surface area contributed by atoms with Gasteiger partial charge in [0.1, 0.15) is 0 Å². The Hall–Kier alpha value is -4.69. The average Bonchev–Trinajstić information content (AvgIpc) is 3.59. The number of nitrogens with one attached hydrogen (secondary N) is 1. The third-order valence-corrected chi connectivity index (χ3v) is 8.46. The summed E-state index contributed by atoms with van der Waals surface area (Å²) >= 11 is 0. The van der Waals surface area contributed by atoms with Crippen molar-refractivity contribution in [3.8, 4) is 22.5 Å².